The summed E-state index contributed by atoms with van der Waals surface area (Å²) in [6, 6.07) is 46.9. The molecule has 0 saturated heterocycles. The predicted molar refractivity (Wildman–Crippen MR) is 211 cm³/mol. The Bertz CT molecular complexity index is 2300. The normalized spacial score (nSPS) is 12.9. The van der Waals surface area contributed by atoms with E-state index in [1.165, 1.54) is 44.4 Å². The zero-order valence-corrected chi connectivity index (χ0v) is 28.1. The highest BCUT2D eigenvalue weighted by atomic mass is 15.0. The number of aromatic nitrogens is 2. The molecular weight excluding hydrogens is 597 g/mol. The van der Waals surface area contributed by atoms with Gasteiger partial charge in [-0.1, -0.05) is 135 Å². The maximum absolute atomic E-state index is 4.91. The largest absolute Gasteiger partial charge is 0.313 e. The number of benzene rings is 5. The molecule has 0 amide bonds. The highest BCUT2D eigenvalue weighted by Gasteiger charge is 2.22. The van der Waals surface area contributed by atoms with E-state index in [0.29, 0.717) is 6.54 Å². The topological polar surface area (TPSA) is 34.6 Å². The molecular formula is C45H40N4. The summed E-state index contributed by atoms with van der Waals surface area (Å²) in [4.78, 5) is 9.47. The van der Waals surface area contributed by atoms with E-state index in [4.69, 9.17) is 4.99 Å². The van der Waals surface area contributed by atoms with Crippen LogP contribution in [-0.2, 0) is 13.0 Å². The van der Waals surface area contributed by atoms with Crippen LogP contribution >= 0.6 is 0 Å². The molecule has 0 fully saturated rings. The van der Waals surface area contributed by atoms with Crippen molar-refractivity contribution >= 4 is 52.2 Å². The van der Waals surface area contributed by atoms with Gasteiger partial charge in [-0.3, -0.25) is 9.98 Å². The van der Waals surface area contributed by atoms with Gasteiger partial charge in [0.2, 0.25) is 0 Å². The van der Waals surface area contributed by atoms with E-state index in [1.807, 2.05) is 56.5 Å². The highest BCUT2D eigenvalue weighted by molar-refractivity contribution is 6.17. The van der Waals surface area contributed by atoms with Gasteiger partial charge in [-0.2, -0.15) is 0 Å². The maximum atomic E-state index is 4.91. The van der Waals surface area contributed by atoms with Gasteiger partial charge < -0.3 is 9.13 Å². The van der Waals surface area contributed by atoms with Gasteiger partial charge >= 0.3 is 0 Å². The first-order chi connectivity index (χ1) is 24.3. The summed E-state index contributed by atoms with van der Waals surface area (Å²) in [6.07, 6.45) is 10.7. The van der Waals surface area contributed by atoms with E-state index >= 15 is 0 Å². The second-order valence-electron chi connectivity index (χ2n) is 11.8. The molecule has 0 atom stereocenters. The van der Waals surface area contributed by atoms with Gasteiger partial charge in [-0.25, -0.2) is 0 Å². The Morgan fingerprint density at radius 2 is 1.41 bits per heavy atom. The van der Waals surface area contributed by atoms with Crippen molar-refractivity contribution in [1.82, 2.24) is 9.13 Å². The lowest BCUT2D eigenvalue weighted by molar-refractivity contribution is 0.890. The third-order valence-corrected chi connectivity index (χ3v) is 9.04. The number of aliphatic imine (C=N–C) groups is 2. The maximum Gasteiger partial charge on any atom is 0.0950 e. The standard InChI is InChI=1S/C43H34N4.C2H6/c1-44-42(34-17-9-4-10-18-34)41(30-45-29-31-13-5-2-6-14-31)46-28-27-38-39(46)26-25-37-36-19-11-12-20-40(36)47(43(37)38)35-23-21-33(22-24-35)32-15-7-3-8-16-32;1-2/h2-11,13-19,21-28,30H,1,12,20,29H2;1-2H3/b42-41+,45-30?;. The van der Waals surface area contributed by atoms with Gasteiger partial charge in [-0.05, 0) is 60.5 Å². The smallest absolute Gasteiger partial charge is 0.0950 e. The number of hydrogen-bond donors (Lipinski definition) is 0. The van der Waals surface area contributed by atoms with E-state index in [-0.39, 0.29) is 0 Å². The number of allylic oxidation sites excluding steroid dienone is 2. The van der Waals surface area contributed by atoms with Crippen molar-refractivity contribution in [3.8, 4) is 16.8 Å². The predicted octanol–water partition coefficient (Wildman–Crippen LogP) is 11.5. The fourth-order valence-corrected chi connectivity index (χ4v) is 6.83. The molecule has 0 bridgehead atoms. The molecule has 1 aliphatic carbocycles. The molecule has 8 rings (SSSR count). The molecule has 0 aliphatic heterocycles. The first-order valence-corrected chi connectivity index (χ1v) is 17.1. The van der Waals surface area contributed by atoms with Crippen LogP contribution in [0.1, 0.15) is 42.7 Å². The van der Waals surface area contributed by atoms with Crippen molar-refractivity contribution < 1.29 is 0 Å². The molecule has 2 aromatic heterocycles. The number of rotatable bonds is 8. The van der Waals surface area contributed by atoms with Crippen LogP contribution in [0.4, 0.5) is 0 Å². The first kappa shape index (κ1) is 31.6. The van der Waals surface area contributed by atoms with Crippen LogP contribution in [0.5, 0.6) is 0 Å². The molecule has 49 heavy (non-hydrogen) atoms. The van der Waals surface area contributed by atoms with Gasteiger partial charge in [0.05, 0.1) is 29.0 Å². The Labute approximate surface area is 288 Å². The molecule has 0 unspecified atom stereocenters. The molecule has 4 nitrogen and oxygen atoms in total. The Hall–Kier alpha value is -6.00. The highest BCUT2D eigenvalue weighted by Crippen LogP contribution is 2.39. The van der Waals surface area contributed by atoms with Crippen LogP contribution in [0.3, 0.4) is 0 Å². The molecule has 2 heterocycles. The van der Waals surface area contributed by atoms with Crippen LogP contribution in [0.2, 0.25) is 0 Å². The molecule has 4 heteroatoms. The second-order valence-corrected chi connectivity index (χ2v) is 11.8. The van der Waals surface area contributed by atoms with Crippen molar-refractivity contribution in [2.24, 2.45) is 9.98 Å². The molecule has 5 aromatic carbocycles. The van der Waals surface area contributed by atoms with Crippen LogP contribution in [-0.4, -0.2) is 22.1 Å². The fraction of sp³-hybridized carbons (Fsp3) is 0.111. The van der Waals surface area contributed by atoms with E-state index in [9.17, 15) is 0 Å². The number of nitrogens with zero attached hydrogens (tertiary/aromatic N) is 4. The minimum atomic E-state index is 0.577. The summed E-state index contributed by atoms with van der Waals surface area (Å²) < 4.78 is 4.69. The Morgan fingerprint density at radius 1 is 0.735 bits per heavy atom. The van der Waals surface area contributed by atoms with Gasteiger partial charge in [0.1, 0.15) is 0 Å². The summed E-state index contributed by atoms with van der Waals surface area (Å²) in [5, 5.41) is 2.45. The van der Waals surface area contributed by atoms with Crippen LogP contribution in [0.15, 0.2) is 156 Å². The lowest BCUT2D eigenvalue weighted by atomic mass is 10.0. The van der Waals surface area contributed by atoms with E-state index in [1.54, 1.807) is 0 Å². The van der Waals surface area contributed by atoms with Crippen molar-refractivity contribution in [3.05, 3.63) is 168 Å². The zero-order valence-electron chi connectivity index (χ0n) is 28.1. The minimum absolute atomic E-state index is 0.577. The molecule has 240 valence electrons. The Balaban J connectivity index is 0.00000186. The lowest BCUT2D eigenvalue weighted by Crippen LogP contribution is -2.03. The molecule has 0 radical (unpaired) electrons. The molecule has 7 aromatic rings. The average molecular weight is 637 g/mol. The number of hydrogen-bond acceptors (Lipinski definition) is 2. The lowest BCUT2D eigenvalue weighted by Gasteiger charge is -2.15. The Morgan fingerprint density at radius 3 is 2.12 bits per heavy atom. The minimum Gasteiger partial charge on any atom is -0.313 e. The van der Waals surface area contributed by atoms with Crippen LogP contribution < -0.4 is 0 Å². The third kappa shape index (κ3) is 6.10. The van der Waals surface area contributed by atoms with Gasteiger partial charge in [0.15, 0.2) is 0 Å². The van der Waals surface area contributed by atoms with Crippen molar-refractivity contribution in [2.45, 2.75) is 33.2 Å². The molecule has 0 spiro atoms. The van der Waals surface area contributed by atoms with Gasteiger partial charge in [-0.15, -0.1) is 0 Å². The molecule has 0 saturated carbocycles. The van der Waals surface area contributed by atoms with E-state index in [2.05, 4.69) is 136 Å². The average Bonchev–Trinajstić information content (AvgIpc) is 3.76. The van der Waals surface area contributed by atoms with Crippen molar-refractivity contribution in [1.29, 1.82) is 0 Å². The van der Waals surface area contributed by atoms with E-state index in [0.717, 1.165) is 40.9 Å². The Kier molecular flexibility index (Phi) is 9.29. The summed E-state index contributed by atoms with van der Waals surface area (Å²) >= 11 is 0. The zero-order chi connectivity index (χ0) is 33.6. The van der Waals surface area contributed by atoms with Crippen molar-refractivity contribution in [2.75, 3.05) is 0 Å². The number of fused-ring (bicyclic) bond motifs is 5. The first-order valence-electron chi connectivity index (χ1n) is 17.1. The fourth-order valence-electron chi connectivity index (χ4n) is 6.83. The molecule has 1 aliphatic rings. The quantitative estimate of drug-likeness (QED) is 0.149. The summed E-state index contributed by atoms with van der Waals surface area (Å²) in [5.74, 6) is 0. The van der Waals surface area contributed by atoms with Gasteiger partial charge in [0.25, 0.3) is 0 Å². The van der Waals surface area contributed by atoms with Gasteiger partial charge in [0, 0.05) is 45.7 Å². The van der Waals surface area contributed by atoms with E-state index < -0.39 is 0 Å². The summed E-state index contributed by atoms with van der Waals surface area (Å²) in [7, 11) is 0. The van der Waals surface area contributed by atoms with Crippen molar-refractivity contribution in [3.63, 3.8) is 0 Å². The van der Waals surface area contributed by atoms with Crippen LogP contribution in [0, 0.1) is 0 Å². The monoisotopic (exact) mass is 636 g/mol. The summed E-state index contributed by atoms with van der Waals surface area (Å²) in [6.45, 7) is 8.57. The van der Waals surface area contributed by atoms with Crippen LogP contribution in [0.25, 0.3) is 56.1 Å². The third-order valence-electron chi connectivity index (χ3n) is 9.04. The second kappa shape index (κ2) is 14.4. The SMILES string of the molecule is C=N/C(=C(\C=NCc1ccccc1)n1ccc2c1ccc1c3c(n(-c4ccc(-c5ccccc5)cc4)c12)CCC=C3)c1ccccc1.CC. The summed E-state index contributed by atoms with van der Waals surface area (Å²) in [5.41, 5.74) is 12.4. The molecule has 0 N–H and O–H groups in total.